The van der Waals surface area contributed by atoms with Crippen molar-refractivity contribution in [3.8, 4) is 17.1 Å². The Labute approximate surface area is 199 Å². The molecule has 0 spiro atoms. The number of fused-ring (bicyclic) bond motifs is 1. The second kappa shape index (κ2) is 8.97. The average molecular weight is 514 g/mol. The van der Waals surface area contributed by atoms with Crippen molar-refractivity contribution in [1.29, 1.82) is 0 Å². The Morgan fingerprint density at radius 3 is 2.42 bits per heavy atom. The van der Waals surface area contributed by atoms with Crippen molar-refractivity contribution in [2.75, 3.05) is 6.54 Å². The van der Waals surface area contributed by atoms with E-state index >= 15 is 0 Å². The van der Waals surface area contributed by atoms with Crippen molar-refractivity contribution in [2.45, 2.75) is 44.9 Å². The molecule has 0 radical (unpaired) electrons. The number of carboxylic acid groups (broad SMARTS) is 1. The van der Waals surface area contributed by atoms with Gasteiger partial charge in [0.05, 0.1) is 17.6 Å². The smallest absolute Gasteiger partial charge is 0.411 e. The van der Waals surface area contributed by atoms with E-state index in [1.165, 1.54) is 4.90 Å². The molecule has 9 heteroatoms. The SMILES string of the molecule is CC(C)(C)OC(=O)N1C[C@H](Oc2nc3ccccc3nc2-c2cccc(Br)c2)C[C@H]1C(=O)O. The number of ether oxygens (including phenoxy) is 2. The van der Waals surface area contributed by atoms with Gasteiger partial charge in [0, 0.05) is 16.5 Å². The van der Waals surface area contributed by atoms with Crippen molar-refractivity contribution < 1.29 is 24.2 Å². The van der Waals surface area contributed by atoms with Gasteiger partial charge in [-0.3, -0.25) is 4.90 Å². The number of halogens is 1. The minimum absolute atomic E-state index is 0.0678. The topological polar surface area (TPSA) is 102 Å². The summed E-state index contributed by atoms with van der Waals surface area (Å²) in [4.78, 5) is 35.1. The molecule has 4 rings (SSSR count). The van der Waals surface area contributed by atoms with Crippen LogP contribution in [0.4, 0.5) is 4.79 Å². The summed E-state index contributed by atoms with van der Waals surface area (Å²) >= 11 is 3.48. The number of carbonyl (C=O) groups is 2. The molecule has 0 bridgehead atoms. The van der Waals surface area contributed by atoms with Crippen LogP contribution in [0.2, 0.25) is 0 Å². The van der Waals surface area contributed by atoms with Crippen LogP contribution in [-0.2, 0) is 9.53 Å². The molecule has 1 aliphatic heterocycles. The van der Waals surface area contributed by atoms with Crippen molar-refractivity contribution in [1.82, 2.24) is 14.9 Å². The van der Waals surface area contributed by atoms with Crippen molar-refractivity contribution in [3.63, 3.8) is 0 Å². The van der Waals surface area contributed by atoms with E-state index in [0.29, 0.717) is 16.7 Å². The van der Waals surface area contributed by atoms with Gasteiger partial charge in [0.15, 0.2) is 0 Å². The number of carboxylic acids is 1. The summed E-state index contributed by atoms with van der Waals surface area (Å²) in [7, 11) is 0. The number of carbonyl (C=O) groups excluding carboxylic acids is 1. The summed E-state index contributed by atoms with van der Waals surface area (Å²) in [5.41, 5.74) is 1.97. The largest absolute Gasteiger partial charge is 0.480 e. The first-order valence-corrected chi connectivity index (χ1v) is 11.3. The number of para-hydroxylation sites is 2. The van der Waals surface area contributed by atoms with Crippen LogP contribution in [-0.4, -0.2) is 56.3 Å². The fourth-order valence-corrected chi connectivity index (χ4v) is 4.09. The summed E-state index contributed by atoms with van der Waals surface area (Å²) in [5, 5.41) is 9.68. The van der Waals surface area contributed by atoms with Crippen LogP contribution >= 0.6 is 15.9 Å². The first-order chi connectivity index (χ1) is 15.6. The fraction of sp³-hybridized carbons (Fsp3) is 0.333. The highest BCUT2D eigenvalue weighted by molar-refractivity contribution is 9.10. The van der Waals surface area contributed by atoms with Gasteiger partial charge in [-0.1, -0.05) is 40.2 Å². The lowest BCUT2D eigenvalue weighted by molar-refractivity contribution is -0.142. The molecule has 0 saturated carbocycles. The van der Waals surface area contributed by atoms with E-state index in [0.717, 1.165) is 10.0 Å². The highest BCUT2D eigenvalue weighted by Gasteiger charge is 2.43. The predicted molar refractivity (Wildman–Crippen MR) is 126 cm³/mol. The Morgan fingerprint density at radius 2 is 1.79 bits per heavy atom. The van der Waals surface area contributed by atoms with Crippen LogP contribution in [0.25, 0.3) is 22.3 Å². The van der Waals surface area contributed by atoms with Gasteiger partial charge in [0.25, 0.3) is 0 Å². The van der Waals surface area contributed by atoms with E-state index in [2.05, 4.69) is 20.9 Å². The van der Waals surface area contributed by atoms with Crippen molar-refractivity contribution in [2.24, 2.45) is 0 Å². The van der Waals surface area contributed by atoms with E-state index in [1.54, 1.807) is 20.8 Å². The minimum atomic E-state index is -1.11. The molecule has 1 aliphatic rings. The molecule has 1 saturated heterocycles. The molecule has 2 aromatic carbocycles. The van der Waals surface area contributed by atoms with Crippen molar-refractivity contribution in [3.05, 3.63) is 53.0 Å². The lowest BCUT2D eigenvalue weighted by Gasteiger charge is -2.26. The predicted octanol–water partition coefficient (Wildman–Crippen LogP) is 4.90. The zero-order chi connectivity index (χ0) is 23.8. The number of benzene rings is 2. The molecular formula is C24H24BrN3O5. The maximum Gasteiger partial charge on any atom is 0.411 e. The number of aromatic nitrogens is 2. The van der Waals surface area contributed by atoms with E-state index in [9.17, 15) is 14.7 Å². The quantitative estimate of drug-likeness (QED) is 0.529. The summed E-state index contributed by atoms with van der Waals surface area (Å²) in [5.74, 6) is -0.823. The number of hydrogen-bond donors (Lipinski definition) is 1. The molecule has 33 heavy (non-hydrogen) atoms. The third kappa shape index (κ3) is 5.24. The molecule has 2 atom stereocenters. The van der Waals surface area contributed by atoms with Crippen molar-refractivity contribution >= 4 is 39.0 Å². The van der Waals surface area contributed by atoms with Gasteiger partial charge < -0.3 is 14.6 Å². The zero-order valence-corrected chi connectivity index (χ0v) is 20.1. The number of nitrogens with zero attached hydrogens (tertiary/aromatic N) is 3. The zero-order valence-electron chi connectivity index (χ0n) is 18.5. The van der Waals surface area contributed by atoms with Gasteiger partial charge in [0.2, 0.25) is 5.88 Å². The molecule has 0 unspecified atom stereocenters. The lowest BCUT2D eigenvalue weighted by atomic mass is 10.1. The third-order valence-corrected chi connectivity index (χ3v) is 5.58. The van der Waals surface area contributed by atoms with Crippen LogP contribution in [0, 0.1) is 0 Å². The molecular weight excluding hydrogens is 490 g/mol. The standard InChI is InChI=1S/C24H24BrN3O5/c1-24(2,3)33-23(31)28-13-16(12-19(28)22(29)30)32-21-20(14-7-6-8-15(25)11-14)26-17-9-4-5-10-18(17)27-21/h4-11,16,19H,12-13H2,1-3H3,(H,29,30)/t16-,19+/m1/s1. The van der Waals surface area contributed by atoms with Gasteiger partial charge >= 0.3 is 12.1 Å². The van der Waals surface area contributed by atoms with E-state index in [1.807, 2.05) is 48.5 Å². The third-order valence-electron chi connectivity index (χ3n) is 5.09. The molecule has 2 heterocycles. The number of amides is 1. The Kier molecular flexibility index (Phi) is 6.25. The average Bonchev–Trinajstić information content (AvgIpc) is 3.16. The van der Waals surface area contributed by atoms with Crippen LogP contribution in [0.15, 0.2) is 53.0 Å². The van der Waals surface area contributed by atoms with E-state index in [-0.39, 0.29) is 18.8 Å². The van der Waals surface area contributed by atoms with Crippen LogP contribution < -0.4 is 4.74 Å². The highest BCUT2D eigenvalue weighted by Crippen LogP contribution is 2.33. The number of likely N-dealkylation sites (tertiary alicyclic amines) is 1. The van der Waals surface area contributed by atoms with E-state index < -0.39 is 29.8 Å². The Hall–Kier alpha value is -3.20. The summed E-state index contributed by atoms with van der Waals surface area (Å²) in [6.45, 7) is 5.28. The number of hydrogen-bond acceptors (Lipinski definition) is 6. The van der Waals surface area contributed by atoms with Gasteiger partial charge in [0.1, 0.15) is 23.4 Å². The van der Waals surface area contributed by atoms with Crippen LogP contribution in [0.5, 0.6) is 5.88 Å². The minimum Gasteiger partial charge on any atom is -0.480 e. The molecule has 0 aliphatic carbocycles. The summed E-state index contributed by atoms with van der Waals surface area (Å²) in [6, 6.07) is 14.0. The second-order valence-electron chi connectivity index (χ2n) is 8.84. The first-order valence-electron chi connectivity index (χ1n) is 10.5. The van der Waals surface area contributed by atoms with Gasteiger partial charge in [-0.2, -0.15) is 0 Å². The molecule has 172 valence electrons. The molecule has 1 amide bonds. The fourth-order valence-electron chi connectivity index (χ4n) is 3.69. The highest BCUT2D eigenvalue weighted by atomic mass is 79.9. The van der Waals surface area contributed by atoms with Gasteiger partial charge in [-0.25, -0.2) is 19.6 Å². The summed E-state index contributed by atoms with van der Waals surface area (Å²) in [6.07, 6.45) is -1.15. The Bertz CT molecular complexity index is 1210. The monoisotopic (exact) mass is 513 g/mol. The lowest BCUT2D eigenvalue weighted by Crippen LogP contribution is -2.43. The van der Waals surface area contributed by atoms with E-state index in [4.69, 9.17) is 14.5 Å². The molecule has 1 aromatic heterocycles. The second-order valence-corrected chi connectivity index (χ2v) is 9.75. The summed E-state index contributed by atoms with van der Waals surface area (Å²) < 4.78 is 12.5. The maximum absolute atomic E-state index is 12.6. The molecule has 1 fully saturated rings. The number of rotatable bonds is 4. The van der Waals surface area contributed by atoms with Crippen LogP contribution in [0.1, 0.15) is 27.2 Å². The molecule has 3 aromatic rings. The Morgan fingerprint density at radius 1 is 1.09 bits per heavy atom. The number of aliphatic carboxylic acids is 1. The van der Waals surface area contributed by atoms with Gasteiger partial charge in [-0.15, -0.1) is 0 Å². The normalized spacial score (nSPS) is 18.4. The van der Waals surface area contributed by atoms with Gasteiger partial charge in [-0.05, 0) is 45.0 Å². The molecule has 8 nitrogen and oxygen atoms in total. The molecule has 1 N–H and O–H groups in total. The Balaban J connectivity index is 1.67. The van der Waals surface area contributed by atoms with Crippen LogP contribution in [0.3, 0.4) is 0 Å². The maximum atomic E-state index is 12.6. The first kappa shape index (κ1) is 23.0.